The lowest BCUT2D eigenvalue weighted by Crippen LogP contribution is -1.78. The number of aromatic nitrogens is 1. The summed E-state index contributed by atoms with van der Waals surface area (Å²) in [6.45, 7) is 0. The molecule has 2 rings (SSSR count). The predicted molar refractivity (Wildman–Crippen MR) is 52.7 cm³/mol. The van der Waals surface area contributed by atoms with Crippen LogP contribution in [0.5, 0.6) is 0 Å². The van der Waals surface area contributed by atoms with Crippen molar-refractivity contribution in [2.24, 2.45) is 0 Å². The smallest absolute Gasteiger partial charge is 0.153 e. The number of halogens is 1. The highest BCUT2D eigenvalue weighted by atomic mass is 79.9. The Hall–Kier alpha value is -0.740. The molecule has 0 N–H and O–H groups in total. The first-order valence-corrected chi connectivity index (χ1v) is 4.97. The van der Waals surface area contributed by atoms with Crippen molar-refractivity contribution in [3.8, 4) is 0 Å². The fourth-order valence-corrected chi connectivity index (χ4v) is 2.47. The van der Waals surface area contributed by atoms with Crippen molar-refractivity contribution in [1.29, 1.82) is 0 Å². The van der Waals surface area contributed by atoms with Crippen LogP contribution in [-0.2, 0) is 0 Å². The van der Waals surface area contributed by atoms with Gasteiger partial charge in [0.05, 0.1) is 15.8 Å². The number of nitrogens with zero attached hydrogens (tertiary/aromatic N) is 1. The third kappa shape index (κ3) is 1.07. The van der Waals surface area contributed by atoms with Crippen molar-refractivity contribution in [1.82, 2.24) is 4.98 Å². The van der Waals surface area contributed by atoms with Crippen LogP contribution in [0.25, 0.3) is 10.2 Å². The molecule has 2 nitrogen and oxygen atoms in total. The van der Waals surface area contributed by atoms with E-state index in [1.54, 1.807) is 6.20 Å². The second-order valence-corrected chi connectivity index (χ2v) is 4.01. The number of aldehydes is 1. The summed E-state index contributed by atoms with van der Waals surface area (Å²) in [5, 5.41) is 1.81. The zero-order valence-corrected chi connectivity index (χ0v) is 8.35. The molecule has 0 bridgehead atoms. The molecule has 0 spiro atoms. The van der Waals surface area contributed by atoms with E-state index in [4.69, 9.17) is 0 Å². The number of hydrogen-bond donors (Lipinski definition) is 0. The van der Waals surface area contributed by atoms with Gasteiger partial charge in [0.15, 0.2) is 6.29 Å². The summed E-state index contributed by atoms with van der Waals surface area (Å²) in [6.07, 6.45) is 2.52. The third-order valence-electron chi connectivity index (χ3n) is 1.56. The fourth-order valence-electron chi connectivity index (χ4n) is 1.00. The maximum Gasteiger partial charge on any atom is 0.153 e. The van der Waals surface area contributed by atoms with E-state index in [0.717, 1.165) is 21.0 Å². The molecule has 0 atom stereocenters. The van der Waals surface area contributed by atoms with E-state index in [1.165, 1.54) is 11.3 Å². The van der Waals surface area contributed by atoms with Crippen LogP contribution in [0.1, 0.15) is 10.4 Å². The van der Waals surface area contributed by atoms with Crippen LogP contribution in [0.3, 0.4) is 0 Å². The first-order valence-electron chi connectivity index (χ1n) is 3.30. The molecule has 0 radical (unpaired) electrons. The van der Waals surface area contributed by atoms with Crippen LogP contribution >= 0.6 is 27.3 Å². The largest absolute Gasteiger partial charge is 0.298 e. The van der Waals surface area contributed by atoms with Gasteiger partial charge in [0.1, 0.15) is 0 Å². The summed E-state index contributed by atoms with van der Waals surface area (Å²) in [7, 11) is 0. The summed E-state index contributed by atoms with van der Waals surface area (Å²) >= 11 is 4.92. The van der Waals surface area contributed by atoms with Crippen molar-refractivity contribution in [3.63, 3.8) is 0 Å². The Balaban J connectivity index is 2.88. The Kier molecular flexibility index (Phi) is 1.94. The van der Waals surface area contributed by atoms with Gasteiger partial charge in [-0.15, -0.1) is 11.3 Å². The maximum absolute atomic E-state index is 10.5. The number of carbonyl (C=O) groups excluding carboxylic acids is 1. The van der Waals surface area contributed by atoms with E-state index in [-0.39, 0.29) is 0 Å². The number of rotatable bonds is 1. The molecule has 0 aliphatic heterocycles. The highest BCUT2D eigenvalue weighted by Gasteiger charge is 2.05. The van der Waals surface area contributed by atoms with E-state index in [1.807, 2.05) is 11.4 Å². The lowest BCUT2D eigenvalue weighted by molar-refractivity contribution is 0.112. The van der Waals surface area contributed by atoms with Crippen LogP contribution in [0.15, 0.2) is 22.1 Å². The van der Waals surface area contributed by atoms with Crippen LogP contribution < -0.4 is 0 Å². The molecular weight excluding hydrogens is 238 g/mol. The average Bonchev–Trinajstić information content (AvgIpc) is 2.49. The molecule has 0 aliphatic rings. The molecule has 0 aromatic carbocycles. The van der Waals surface area contributed by atoms with Gasteiger partial charge in [0.25, 0.3) is 0 Å². The van der Waals surface area contributed by atoms with E-state index < -0.39 is 0 Å². The van der Waals surface area contributed by atoms with Gasteiger partial charge < -0.3 is 0 Å². The van der Waals surface area contributed by atoms with Crippen molar-refractivity contribution in [2.75, 3.05) is 0 Å². The maximum atomic E-state index is 10.5. The van der Waals surface area contributed by atoms with Crippen molar-refractivity contribution < 1.29 is 4.79 Å². The zero-order chi connectivity index (χ0) is 8.55. The van der Waals surface area contributed by atoms with Crippen molar-refractivity contribution >= 4 is 43.8 Å². The van der Waals surface area contributed by atoms with Gasteiger partial charge in [-0.25, -0.2) is 0 Å². The number of hydrogen-bond acceptors (Lipinski definition) is 3. The Morgan fingerprint density at radius 2 is 2.42 bits per heavy atom. The van der Waals surface area contributed by atoms with E-state index in [2.05, 4.69) is 20.9 Å². The highest BCUT2D eigenvalue weighted by Crippen LogP contribution is 2.29. The highest BCUT2D eigenvalue weighted by molar-refractivity contribution is 9.10. The zero-order valence-electron chi connectivity index (χ0n) is 5.95. The van der Waals surface area contributed by atoms with Gasteiger partial charge in [0, 0.05) is 16.0 Å². The normalized spacial score (nSPS) is 10.4. The monoisotopic (exact) mass is 241 g/mol. The minimum atomic E-state index is 0.663. The molecule has 4 heteroatoms. The average molecular weight is 242 g/mol. The number of thiophene rings is 1. The molecule has 0 unspecified atom stereocenters. The van der Waals surface area contributed by atoms with E-state index in [0.29, 0.717) is 5.56 Å². The second-order valence-electron chi connectivity index (χ2n) is 2.28. The molecule has 0 fully saturated rings. The lowest BCUT2D eigenvalue weighted by Gasteiger charge is -1.91. The van der Waals surface area contributed by atoms with Crippen LogP contribution in [0.4, 0.5) is 0 Å². The minimum absolute atomic E-state index is 0.663. The standard InChI is InChI=1S/C8H4BrNOS/c9-6-1-2-10-7-5(3-11)4-12-8(6)7/h1-4H. The van der Waals surface area contributed by atoms with Gasteiger partial charge in [-0.05, 0) is 22.0 Å². The molecule has 2 heterocycles. The molecule has 0 saturated carbocycles. The molecule has 0 aliphatic carbocycles. The first kappa shape index (κ1) is 7.89. The van der Waals surface area contributed by atoms with Crippen LogP contribution in [0.2, 0.25) is 0 Å². The summed E-state index contributed by atoms with van der Waals surface area (Å²) in [4.78, 5) is 14.7. The van der Waals surface area contributed by atoms with Gasteiger partial charge in [-0.2, -0.15) is 0 Å². The van der Waals surface area contributed by atoms with Gasteiger partial charge in [-0.3, -0.25) is 9.78 Å². The molecule has 2 aromatic heterocycles. The first-order chi connectivity index (χ1) is 5.83. The van der Waals surface area contributed by atoms with Crippen LogP contribution in [0, 0.1) is 0 Å². The van der Waals surface area contributed by atoms with E-state index >= 15 is 0 Å². The van der Waals surface area contributed by atoms with E-state index in [9.17, 15) is 4.79 Å². The predicted octanol–water partition coefficient (Wildman–Crippen LogP) is 2.87. The number of fused-ring (bicyclic) bond motifs is 1. The van der Waals surface area contributed by atoms with Crippen molar-refractivity contribution in [3.05, 3.63) is 27.7 Å². The van der Waals surface area contributed by atoms with Gasteiger partial charge in [0.2, 0.25) is 0 Å². The Labute approximate surface area is 81.4 Å². The molecule has 60 valence electrons. The Morgan fingerprint density at radius 3 is 3.17 bits per heavy atom. The summed E-state index contributed by atoms with van der Waals surface area (Å²) in [6, 6.07) is 1.87. The SMILES string of the molecule is O=Cc1csc2c(Br)ccnc12. The molecule has 2 aromatic rings. The van der Waals surface area contributed by atoms with Gasteiger partial charge >= 0.3 is 0 Å². The summed E-state index contributed by atoms with van der Waals surface area (Å²) in [5.41, 5.74) is 1.45. The number of carbonyl (C=O) groups is 1. The molecule has 0 saturated heterocycles. The second kappa shape index (κ2) is 2.95. The summed E-state index contributed by atoms with van der Waals surface area (Å²) < 4.78 is 2.02. The minimum Gasteiger partial charge on any atom is -0.298 e. The number of pyridine rings is 1. The quantitative estimate of drug-likeness (QED) is 0.719. The molecular formula is C8H4BrNOS. The fraction of sp³-hybridized carbons (Fsp3) is 0. The third-order valence-corrected chi connectivity index (χ3v) is 3.50. The topological polar surface area (TPSA) is 30.0 Å². The Morgan fingerprint density at radius 1 is 1.58 bits per heavy atom. The van der Waals surface area contributed by atoms with Gasteiger partial charge in [-0.1, -0.05) is 0 Å². The lowest BCUT2D eigenvalue weighted by atomic mass is 10.3. The Bertz CT molecular complexity index is 438. The summed E-state index contributed by atoms with van der Waals surface area (Å²) in [5.74, 6) is 0. The molecule has 0 amide bonds. The van der Waals surface area contributed by atoms with Crippen molar-refractivity contribution in [2.45, 2.75) is 0 Å². The van der Waals surface area contributed by atoms with Crippen LogP contribution in [-0.4, -0.2) is 11.3 Å². The molecule has 12 heavy (non-hydrogen) atoms.